The average molecular weight is 256 g/mol. The molecule has 100 valence electrons. The van der Waals surface area contributed by atoms with E-state index in [1.54, 1.807) is 13.0 Å². The third kappa shape index (κ3) is 3.08. The van der Waals surface area contributed by atoms with Gasteiger partial charge in [-0.3, -0.25) is 4.79 Å². The van der Waals surface area contributed by atoms with Crippen LogP contribution >= 0.6 is 0 Å². The van der Waals surface area contributed by atoms with Crippen LogP contribution in [0.15, 0.2) is 12.2 Å². The van der Waals surface area contributed by atoms with Crippen LogP contribution in [0.2, 0.25) is 0 Å². The van der Waals surface area contributed by atoms with Gasteiger partial charge in [0.25, 0.3) is 0 Å². The Kier molecular flexibility index (Phi) is 3.68. The SMILES string of the molecule is CC(=O)O[C@@H]1C[C@@H](C)OC(=O)[C@H]2O[C@H]2/C=C/[C@@H]1O. The summed E-state index contributed by atoms with van der Waals surface area (Å²) in [5.74, 6) is -0.904. The molecule has 0 spiro atoms. The van der Waals surface area contributed by atoms with E-state index in [1.807, 2.05) is 0 Å². The van der Waals surface area contributed by atoms with Gasteiger partial charge in [-0.05, 0) is 6.92 Å². The van der Waals surface area contributed by atoms with Crippen molar-refractivity contribution in [2.75, 3.05) is 0 Å². The Balaban J connectivity index is 2.10. The van der Waals surface area contributed by atoms with Gasteiger partial charge in [-0.1, -0.05) is 12.2 Å². The Hall–Kier alpha value is -1.40. The maximum absolute atomic E-state index is 11.5. The van der Waals surface area contributed by atoms with Crippen molar-refractivity contribution < 1.29 is 28.9 Å². The Morgan fingerprint density at radius 1 is 1.50 bits per heavy atom. The number of hydrogen-bond donors (Lipinski definition) is 1. The van der Waals surface area contributed by atoms with Gasteiger partial charge in [0.1, 0.15) is 24.4 Å². The number of cyclic esters (lactones) is 1. The highest BCUT2D eigenvalue weighted by atomic mass is 16.6. The van der Waals surface area contributed by atoms with Crippen LogP contribution in [0.1, 0.15) is 20.3 Å². The molecular formula is C12H16O6. The van der Waals surface area contributed by atoms with Crippen molar-refractivity contribution in [3.63, 3.8) is 0 Å². The minimum atomic E-state index is -0.932. The second kappa shape index (κ2) is 5.07. The second-order valence-corrected chi connectivity index (χ2v) is 4.53. The molecule has 0 aromatic heterocycles. The number of fused-ring (bicyclic) bond motifs is 1. The van der Waals surface area contributed by atoms with Crippen molar-refractivity contribution >= 4 is 11.9 Å². The molecule has 2 heterocycles. The number of rotatable bonds is 1. The molecule has 6 nitrogen and oxygen atoms in total. The van der Waals surface area contributed by atoms with Crippen LogP contribution in [0.3, 0.4) is 0 Å². The number of ether oxygens (including phenoxy) is 3. The number of epoxide rings is 1. The van der Waals surface area contributed by atoms with E-state index in [4.69, 9.17) is 14.2 Å². The molecule has 2 rings (SSSR count). The third-order valence-corrected chi connectivity index (χ3v) is 2.84. The summed E-state index contributed by atoms with van der Waals surface area (Å²) in [6.45, 7) is 2.95. The summed E-state index contributed by atoms with van der Waals surface area (Å²) in [5, 5.41) is 9.90. The number of aliphatic hydroxyl groups is 1. The van der Waals surface area contributed by atoms with Crippen molar-refractivity contribution in [1.29, 1.82) is 0 Å². The van der Waals surface area contributed by atoms with Gasteiger partial charge in [-0.15, -0.1) is 0 Å². The molecular weight excluding hydrogens is 240 g/mol. The molecule has 1 N–H and O–H groups in total. The first-order valence-corrected chi connectivity index (χ1v) is 5.87. The van der Waals surface area contributed by atoms with E-state index in [0.717, 1.165) is 0 Å². The lowest BCUT2D eigenvalue weighted by Crippen LogP contribution is -2.35. The van der Waals surface area contributed by atoms with E-state index >= 15 is 0 Å². The van der Waals surface area contributed by atoms with E-state index < -0.39 is 36.4 Å². The second-order valence-electron chi connectivity index (χ2n) is 4.53. The number of carbonyl (C=O) groups is 2. The zero-order valence-corrected chi connectivity index (χ0v) is 10.2. The van der Waals surface area contributed by atoms with Gasteiger partial charge in [0.2, 0.25) is 0 Å². The van der Waals surface area contributed by atoms with Crippen LogP contribution in [-0.4, -0.2) is 47.6 Å². The van der Waals surface area contributed by atoms with Gasteiger partial charge >= 0.3 is 11.9 Å². The normalized spacial score (nSPS) is 41.3. The molecule has 0 aromatic carbocycles. The molecule has 5 atom stereocenters. The quantitative estimate of drug-likeness (QED) is 0.402. The highest BCUT2D eigenvalue weighted by molar-refractivity contribution is 5.78. The molecule has 0 bridgehead atoms. The fourth-order valence-corrected chi connectivity index (χ4v) is 1.92. The maximum Gasteiger partial charge on any atom is 0.338 e. The largest absolute Gasteiger partial charge is 0.461 e. The van der Waals surface area contributed by atoms with Crippen molar-refractivity contribution in [1.82, 2.24) is 0 Å². The van der Waals surface area contributed by atoms with Crippen LogP contribution in [-0.2, 0) is 23.8 Å². The molecule has 0 amide bonds. The molecule has 0 unspecified atom stereocenters. The van der Waals surface area contributed by atoms with Crippen molar-refractivity contribution in [3.8, 4) is 0 Å². The van der Waals surface area contributed by atoms with Crippen molar-refractivity contribution in [2.24, 2.45) is 0 Å². The summed E-state index contributed by atoms with van der Waals surface area (Å²) in [6.07, 6.45) is 0.292. The van der Waals surface area contributed by atoms with Gasteiger partial charge in [0, 0.05) is 13.3 Å². The predicted molar refractivity (Wildman–Crippen MR) is 59.5 cm³/mol. The fraction of sp³-hybridized carbons (Fsp3) is 0.667. The average Bonchev–Trinajstić information content (AvgIpc) is 3.02. The molecule has 1 saturated heterocycles. The van der Waals surface area contributed by atoms with Crippen molar-refractivity contribution in [2.45, 2.75) is 50.8 Å². The Morgan fingerprint density at radius 3 is 2.89 bits per heavy atom. The molecule has 18 heavy (non-hydrogen) atoms. The van der Waals surface area contributed by atoms with Gasteiger partial charge in [0.15, 0.2) is 6.10 Å². The summed E-state index contributed by atoms with van der Waals surface area (Å²) in [4.78, 5) is 22.5. The van der Waals surface area contributed by atoms with Crippen LogP contribution in [0.5, 0.6) is 0 Å². The molecule has 0 aromatic rings. The first kappa shape index (κ1) is 13.0. The topological polar surface area (TPSA) is 85.4 Å². The van der Waals surface area contributed by atoms with Crippen LogP contribution < -0.4 is 0 Å². The monoisotopic (exact) mass is 256 g/mol. The number of carbonyl (C=O) groups excluding carboxylic acids is 2. The van der Waals surface area contributed by atoms with E-state index in [0.29, 0.717) is 0 Å². The van der Waals surface area contributed by atoms with Gasteiger partial charge < -0.3 is 19.3 Å². The molecule has 2 aliphatic heterocycles. The zero-order valence-electron chi connectivity index (χ0n) is 10.2. The molecule has 1 fully saturated rings. The minimum Gasteiger partial charge on any atom is -0.461 e. The lowest BCUT2D eigenvalue weighted by molar-refractivity contribution is -0.157. The van der Waals surface area contributed by atoms with Crippen LogP contribution in [0, 0.1) is 0 Å². The van der Waals surface area contributed by atoms with Crippen LogP contribution in [0.4, 0.5) is 0 Å². The van der Waals surface area contributed by atoms with E-state index in [1.165, 1.54) is 13.0 Å². The van der Waals surface area contributed by atoms with Crippen LogP contribution in [0.25, 0.3) is 0 Å². The molecule has 0 saturated carbocycles. The molecule has 0 aliphatic carbocycles. The maximum atomic E-state index is 11.5. The highest BCUT2D eigenvalue weighted by Gasteiger charge is 2.46. The Labute approximate surface area is 105 Å². The Bertz CT molecular complexity index is 377. The first-order chi connectivity index (χ1) is 8.47. The summed E-state index contributed by atoms with van der Waals surface area (Å²) in [6, 6.07) is 0. The fourth-order valence-electron chi connectivity index (χ4n) is 1.92. The molecule has 6 heteroatoms. The first-order valence-electron chi connectivity index (χ1n) is 5.87. The third-order valence-electron chi connectivity index (χ3n) is 2.84. The summed E-state index contributed by atoms with van der Waals surface area (Å²) >= 11 is 0. The van der Waals surface area contributed by atoms with E-state index in [9.17, 15) is 14.7 Å². The minimum absolute atomic E-state index is 0.244. The standard InChI is InChI=1S/C12H16O6/c1-6-5-10(17-7(2)13)8(14)3-4-9-11(18-9)12(15)16-6/h3-4,6,8-11,14H,5H2,1-2H3/b4-3+/t6-,8+,9+,10-,11+/m1/s1. The molecule has 2 aliphatic rings. The van der Waals surface area contributed by atoms with Gasteiger partial charge in [-0.2, -0.15) is 0 Å². The van der Waals surface area contributed by atoms with Gasteiger partial charge in [-0.25, -0.2) is 4.79 Å². The van der Waals surface area contributed by atoms with Crippen molar-refractivity contribution in [3.05, 3.63) is 12.2 Å². The predicted octanol–water partition coefficient (Wildman–Crippen LogP) is -0.0620. The highest BCUT2D eigenvalue weighted by Crippen LogP contribution is 2.27. The number of hydrogen-bond acceptors (Lipinski definition) is 6. The Morgan fingerprint density at radius 2 is 2.22 bits per heavy atom. The summed E-state index contributed by atoms with van der Waals surface area (Å²) in [5.41, 5.74) is 0. The zero-order chi connectivity index (χ0) is 13.3. The summed E-state index contributed by atoms with van der Waals surface area (Å²) < 4.78 is 15.3. The lowest BCUT2D eigenvalue weighted by atomic mass is 10.1. The smallest absolute Gasteiger partial charge is 0.338 e. The van der Waals surface area contributed by atoms with Gasteiger partial charge in [0.05, 0.1) is 0 Å². The number of aliphatic hydroxyl groups excluding tert-OH is 1. The van der Waals surface area contributed by atoms with E-state index in [2.05, 4.69) is 0 Å². The molecule has 0 radical (unpaired) electrons. The lowest BCUT2D eigenvalue weighted by Gasteiger charge is -2.24. The van der Waals surface area contributed by atoms with E-state index in [-0.39, 0.29) is 12.5 Å². The summed E-state index contributed by atoms with van der Waals surface area (Å²) in [7, 11) is 0. The number of esters is 2.